The number of pyridine rings is 1. The zero-order chi connectivity index (χ0) is 15.6. The lowest BCUT2D eigenvalue weighted by Gasteiger charge is -2.22. The first kappa shape index (κ1) is 15.1. The summed E-state index contributed by atoms with van der Waals surface area (Å²) in [7, 11) is 0. The SMILES string of the molecule is Cc1cc(OC(C)(C)C)ccc1-c1c(C)ccnc1C#N. The van der Waals surface area contributed by atoms with Crippen molar-refractivity contribution >= 4 is 0 Å². The van der Waals surface area contributed by atoms with Gasteiger partial charge in [0.25, 0.3) is 0 Å². The van der Waals surface area contributed by atoms with Crippen molar-refractivity contribution in [3.63, 3.8) is 0 Å². The summed E-state index contributed by atoms with van der Waals surface area (Å²) in [6.45, 7) is 10.1. The molecule has 0 aliphatic carbocycles. The van der Waals surface area contributed by atoms with Crippen molar-refractivity contribution in [3.8, 4) is 22.9 Å². The Morgan fingerprint density at radius 1 is 1.10 bits per heavy atom. The molecule has 0 fully saturated rings. The maximum atomic E-state index is 9.27. The third-order valence-electron chi connectivity index (χ3n) is 3.16. The van der Waals surface area contributed by atoms with Gasteiger partial charge in [-0.05, 0) is 69.5 Å². The molecule has 1 heterocycles. The van der Waals surface area contributed by atoms with Gasteiger partial charge in [0.05, 0.1) is 0 Å². The number of aromatic nitrogens is 1. The Labute approximate surface area is 126 Å². The third kappa shape index (κ3) is 3.41. The van der Waals surface area contributed by atoms with E-state index in [1.807, 2.05) is 58.9 Å². The number of benzene rings is 1. The lowest BCUT2D eigenvalue weighted by molar-refractivity contribution is 0.131. The molecular weight excluding hydrogens is 260 g/mol. The fourth-order valence-electron chi connectivity index (χ4n) is 2.32. The molecular formula is C18H20N2O. The first-order valence-corrected chi connectivity index (χ1v) is 6.97. The monoisotopic (exact) mass is 280 g/mol. The molecule has 0 N–H and O–H groups in total. The summed E-state index contributed by atoms with van der Waals surface area (Å²) >= 11 is 0. The van der Waals surface area contributed by atoms with E-state index < -0.39 is 0 Å². The Morgan fingerprint density at radius 2 is 1.81 bits per heavy atom. The molecule has 0 radical (unpaired) electrons. The second-order valence-corrected chi connectivity index (χ2v) is 6.15. The van der Waals surface area contributed by atoms with E-state index in [2.05, 4.69) is 11.1 Å². The van der Waals surface area contributed by atoms with Gasteiger partial charge in [0.2, 0.25) is 0 Å². The van der Waals surface area contributed by atoms with Crippen LogP contribution in [0.25, 0.3) is 11.1 Å². The van der Waals surface area contributed by atoms with Crippen LogP contribution in [0.5, 0.6) is 5.75 Å². The fraction of sp³-hybridized carbons (Fsp3) is 0.333. The molecule has 1 aromatic heterocycles. The van der Waals surface area contributed by atoms with E-state index in [-0.39, 0.29) is 5.60 Å². The Kier molecular flexibility index (Phi) is 3.99. The molecule has 1 aromatic carbocycles. The van der Waals surface area contributed by atoms with Gasteiger partial charge in [-0.2, -0.15) is 5.26 Å². The lowest BCUT2D eigenvalue weighted by atomic mass is 9.95. The van der Waals surface area contributed by atoms with Crippen LogP contribution in [0.1, 0.15) is 37.6 Å². The van der Waals surface area contributed by atoms with E-state index in [9.17, 15) is 5.26 Å². The minimum Gasteiger partial charge on any atom is -0.488 e. The Balaban J connectivity index is 2.51. The summed E-state index contributed by atoms with van der Waals surface area (Å²) in [6.07, 6.45) is 1.67. The van der Waals surface area contributed by atoms with Crippen molar-refractivity contribution in [1.82, 2.24) is 4.98 Å². The molecule has 21 heavy (non-hydrogen) atoms. The smallest absolute Gasteiger partial charge is 0.148 e. The second-order valence-electron chi connectivity index (χ2n) is 6.15. The van der Waals surface area contributed by atoms with Gasteiger partial charge in [-0.1, -0.05) is 6.07 Å². The van der Waals surface area contributed by atoms with Crippen molar-refractivity contribution in [2.24, 2.45) is 0 Å². The average molecular weight is 280 g/mol. The van der Waals surface area contributed by atoms with Crippen LogP contribution in [0, 0.1) is 25.2 Å². The first-order chi connectivity index (χ1) is 9.81. The highest BCUT2D eigenvalue weighted by Crippen LogP contribution is 2.31. The number of hydrogen-bond donors (Lipinski definition) is 0. The Morgan fingerprint density at radius 3 is 2.38 bits per heavy atom. The standard InChI is InChI=1S/C18H20N2O/c1-12-8-9-20-16(11-19)17(12)15-7-6-14(10-13(15)2)21-18(3,4)5/h6-10H,1-5H3. The minimum atomic E-state index is -0.226. The third-order valence-corrected chi connectivity index (χ3v) is 3.16. The summed E-state index contributed by atoms with van der Waals surface area (Å²) in [4.78, 5) is 4.16. The second kappa shape index (κ2) is 5.57. The molecule has 2 aromatic rings. The van der Waals surface area contributed by atoms with Gasteiger partial charge >= 0.3 is 0 Å². The van der Waals surface area contributed by atoms with Crippen LogP contribution in [0.2, 0.25) is 0 Å². The number of nitriles is 1. The normalized spacial score (nSPS) is 11.0. The van der Waals surface area contributed by atoms with Crippen LogP contribution >= 0.6 is 0 Å². The van der Waals surface area contributed by atoms with Gasteiger partial charge < -0.3 is 4.74 Å². The van der Waals surface area contributed by atoms with Crippen LogP contribution in [-0.2, 0) is 0 Å². The quantitative estimate of drug-likeness (QED) is 0.818. The van der Waals surface area contributed by atoms with Crippen molar-refractivity contribution < 1.29 is 4.74 Å². The zero-order valence-corrected chi connectivity index (χ0v) is 13.2. The Hall–Kier alpha value is -2.34. The van der Waals surface area contributed by atoms with Crippen molar-refractivity contribution in [2.45, 2.75) is 40.2 Å². The molecule has 0 unspecified atom stereocenters. The highest BCUT2D eigenvalue weighted by Gasteiger charge is 2.15. The fourth-order valence-corrected chi connectivity index (χ4v) is 2.32. The molecule has 0 aliphatic rings. The van der Waals surface area contributed by atoms with Crippen LogP contribution in [0.4, 0.5) is 0 Å². The highest BCUT2D eigenvalue weighted by molar-refractivity contribution is 5.75. The van der Waals surface area contributed by atoms with E-state index in [1.54, 1.807) is 6.20 Å². The molecule has 0 atom stereocenters. The van der Waals surface area contributed by atoms with E-state index in [0.29, 0.717) is 5.69 Å². The summed E-state index contributed by atoms with van der Waals surface area (Å²) in [5, 5.41) is 9.27. The molecule has 0 saturated heterocycles. The summed E-state index contributed by atoms with van der Waals surface area (Å²) in [5.41, 5.74) is 4.29. The zero-order valence-electron chi connectivity index (χ0n) is 13.2. The van der Waals surface area contributed by atoms with Gasteiger partial charge in [0.15, 0.2) is 0 Å². The summed E-state index contributed by atoms with van der Waals surface area (Å²) in [5.74, 6) is 0.837. The lowest BCUT2D eigenvalue weighted by Crippen LogP contribution is -2.22. The first-order valence-electron chi connectivity index (χ1n) is 6.97. The molecule has 0 spiro atoms. The van der Waals surface area contributed by atoms with Gasteiger partial charge in [-0.25, -0.2) is 4.98 Å². The predicted molar refractivity (Wildman–Crippen MR) is 84.2 cm³/mol. The van der Waals surface area contributed by atoms with E-state index in [1.165, 1.54) is 0 Å². The van der Waals surface area contributed by atoms with E-state index >= 15 is 0 Å². The molecule has 0 bridgehead atoms. The van der Waals surface area contributed by atoms with Gasteiger partial charge in [-0.15, -0.1) is 0 Å². The van der Waals surface area contributed by atoms with Gasteiger partial charge in [-0.3, -0.25) is 0 Å². The molecule has 0 amide bonds. The Bertz CT molecular complexity index is 706. The van der Waals surface area contributed by atoms with Crippen molar-refractivity contribution in [1.29, 1.82) is 5.26 Å². The van der Waals surface area contributed by atoms with Gasteiger partial charge in [0, 0.05) is 11.8 Å². The molecule has 108 valence electrons. The summed E-state index contributed by atoms with van der Waals surface area (Å²) in [6, 6.07) is 10.1. The molecule has 3 nitrogen and oxygen atoms in total. The minimum absolute atomic E-state index is 0.226. The molecule has 3 heteroatoms. The molecule has 2 rings (SSSR count). The molecule has 0 aliphatic heterocycles. The van der Waals surface area contributed by atoms with Crippen molar-refractivity contribution in [3.05, 3.63) is 47.3 Å². The van der Waals surface area contributed by atoms with Crippen LogP contribution in [0.3, 0.4) is 0 Å². The number of rotatable bonds is 2. The highest BCUT2D eigenvalue weighted by atomic mass is 16.5. The number of nitrogens with zero attached hydrogens (tertiary/aromatic N) is 2. The number of ether oxygens (including phenoxy) is 1. The maximum absolute atomic E-state index is 9.27. The molecule has 0 saturated carbocycles. The van der Waals surface area contributed by atoms with E-state index in [4.69, 9.17) is 4.74 Å². The van der Waals surface area contributed by atoms with Gasteiger partial charge in [0.1, 0.15) is 23.1 Å². The van der Waals surface area contributed by atoms with Crippen LogP contribution in [0.15, 0.2) is 30.5 Å². The van der Waals surface area contributed by atoms with Crippen LogP contribution < -0.4 is 4.74 Å². The van der Waals surface area contributed by atoms with Crippen LogP contribution in [-0.4, -0.2) is 10.6 Å². The maximum Gasteiger partial charge on any atom is 0.148 e. The topological polar surface area (TPSA) is 45.9 Å². The number of hydrogen-bond acceptors (Lipinski definition) is 3. The average Bonchev–Trinajstić information content (AvgIpc) is 2.37. The number of aryl methyl sites for hydroxylation is 2. The van der Waals surface area contributed by atoms with Crippen molar-refractivity contribution in [2.75, 3.05) is 0 Å². The predicted octanol–water partition coefficient (Wildman–Crippen LogP) is 4.41. The largest absolute Gasteiger partial charge is 0.488 e. The summed E-state index contributed by atoms with van der Waals surface area (Å²) < 4.78 is 5.88. The van der Waals surface area contributed by atoms with E-state index in [0.717, 1.165) is 28.0 Å².